The van der Waals surface area contributed by atoms with E-state index in [1.54, 1.807) is 0 Å². The highest BCUT2D eigenvalue weighted by molar-refractivity contribution is 6.27. The minimum Gasteiger partial charge on any atom is -0.473 e. The minimum absolute atomic E-state index is 0.412. The molecule has 0 aromatic rings. The molecule has 0 aromatic carbocycles. The summed E-state index contributed by atoms with van der Waals surface area (Å²) < 4.78 is 0. The number of carboxylic acids is 2. The lowest BCUT2D eigenvalue weighted by atomic mass is 9.69. The maximum absolute atomic E-state index is 11.0. The van der Waals surface area contributed by atoms with Gasteiger partial charge in [-0.2, -0.15) is 0 Å². The summed E-state index contributed by atoms with van der Waals surface area (Å²) in [4.78, 5) is 40.3. The van der Waals surface area contributed by atoms with E-state index in [9.17, 15) is 9.59 Å². The zero-order valence-electron chi connectivity index (χ0n) is 15.0. The van der Waals surface area contributed by atoms with E-state index in [4.69, 9.17) is 19.8 Å². The monoisotopic (exact) mass is 368 g/mol. The summed E-state index contributed by atoms with van der Waals surface area (Å²) >= 11 is 0. The lowest BCUT2D eigenvalue weighted by Gasteiger charge is -2.44. The van der Waals surface area contributed by atoms with Gasteiger partial charge < -0.3 is 20.8 Å². The van der Waals surface area contributed by atoms with Crippen LogP contribution in [0.25, 0.3) is 0 Å². The number of carbonyl (C=O) groups excluding carboxylic acids is 2. The summed E-state index contributed by atoms with van der Waals surface area (Å²) in [6.45, 7) is 4.33. The fourth-order valence-corrected chi connectivity index (χ4v) is 4.07. The maximum atomic E-state index is 11.0. The van der Waals surface area contributed by atoms with Crippen molar-refractivity contribution in [3.05, 3.63) is 0 Å². The second-order valence-corrected chi connectivity index (χ2v) is 7.96. The van der Waals surface area contributed by atoms with Crippen LogP contribution in [0.15, 0.2) is 0 Å². The third kappa shape index (κ3) is 5.60. The molecule has 0 atom stereocenters. The first-order valence-corrected chi connectivity index (χ1v) is 9.17. The molecule has 8 heteroatoms. The van der Waals surface area contributed by atoms with Crippen molar-refractivity contribution in [3.63, 3.8) is 0 Å². The molecule has 146 valence electrons. The van der Waals surface area contributed by atoms with Gasteiger partial charge in [-0.05, 0) is 25.7 Å². The van der Waals surface area contributed by atoms with Crippen molar-refractivity contribution in [3.8, 4) is 0 Å². The molecule has 0 radical (unpaired) electrons. The number of hydrogen-bond acceptors (Lipinski definition) is 6. The van der Waals surface area contributed by atoms with Gasteiger partial charge in [0.1, 0.15) is 11.6 Å². The Morgan fingerprint density at radius 1 is 0.731 bits per heavy atom. The molecule has 4 fully saturated rings. The summed E-state index contributed by atoms with van der Waals surface area (Å²) in [5, 5.41) is 21.3. The summed E-state index contributed by atoms with van der Waals surface area (Å²) in [6.07, 6.45) is 8.15. The van der Waals surface area contributed by atoms with Crippen molar-refractivity contribution in [2.45, 2.75) is 51.4 Å². The van der Waals surface area contributed by atoms with E-state index in [0.717, 1.165) is 64.7 Å². The van der Waals surface area contributed by atoms with Gasteiger partial charge in [-0.3, -0.25) is 9.59 Å². The molecule has 0 bridgehead atoms. The number of Topliss-reactive ketones (excluding diaryl/α,β-unsaturated/α-hetero) is 2. The Morgan fingerprint density at radius 3 is 1.23 bits per heavy atom. The Morgan fingerprint density at radius 2 is 1.08 bits per heavy atom. The number of nitrogens with one attached hydrogen (secondary N) is 2. The SMILES string of the molecule is O=C(O)C(=O)O.O=C1CCCC2(CNC2)C1.O=C1CCCC2(CNC2)C1. The smallest absolute Gasteiger partial charge is 0.414 e. The van der Waals surface area contributed by atoms with Crippen LogP contribution in [0.3, 0.4) is 0 Å². The highest BCUT2D eigenvalue weighted by atomic mass is 16.4. The van der Waals surface area contributed by atoms with Gasteiger partial charge in [0.2, 0.25) is 0 Å². The molecule has 0 amide bonds. The van der Waals surface area contributed by atoms with Crippen LogP contribution in [-0.2, 0) is 19.2 Å². The number of hydrogen-bond donors (Lipinski definition) is 4. The first-order chi connectivity index (χ1) is 12.3. The van der Waals surface area contributed by atoms with Crippen LogP contribution in [-0.4, -0.2) is 59.9 Å². The second kappa shape index (κ2) is 8.73. The maximum Gasteiger partial charge on any atom is 0.414 e. The van der Waals surface area contributed by atoms with E-state index >= 15 is 0 Å². The summed E-state index contributed by atoms with van der Waals surface area (Å²) in [6, 6.07) is 0. The largest absolute Gasteiger partial charge is 0.473 e. The average molecular weight is 368 g/mol. The Kier molecular flexibility index (Phi) is 6.88. The quantitative estimate of drug-likeness (QED) is 0.457. The van der Waals surface area contributed by atoms with Crippen LogP contribution >= 0.6 is 0 Å². The van der Waals surface area contributed by atoms with E-state index in [1.807, 2.05) is 0 Å². The molecular weight excluding hydrogens is 340 g/mol. The molecule has 2 saturated carbocycles. The Hall–Kier alpha value is -1.80. The summed E-state index contributed by atoms with van der Waals surface area (Å²) in [5.74, 6) is -2.69. The van der Waals surface area contributed by atoms with Gasteiger partial charge >= 0.3 is 11.9 Å². The molecule has 0 unspecified atom stereocenters. The second-order valence-electron chi connectivity index (χ2n) is 7.96. The Labute approximate surface area is 152 Å². The Balaban J connectivity index is 0.000000146. The zero-order valence-corrected chi connectivity index (χ0v) is 15.0. The zero-order chi connectivity index (χ0) is 19.2. The number of carboxylic acid groups (broad SMARTS) is 2. The predicted molar refractivity (Wildman–Crippen MR) is 92.8 cm³/mol. The average Bonchev–Trinajstić information content (AvgIpc) is 2.53. The molecule has 8 nitrogen and oxygen atoms in total. The van der Waals surface area contributed by atoms with Crippen molar-refractivity contribution in [2.24, 2.45) is 10.8 Å². The molecule has 2 heterocycles. The molecule has 26 heavy (non-hydrogen) atoms. The van der Waals surface area contributed by atoms with Crippen molar-refractivity contribution in [1.29, 1.82) is 0 Å². The van der Waals surface area contributed by atoms with Crippen molar-refractivity contribution in [2.75, 3.05) is 26.2 Å². The van der Waals surface area contributed by atoms with Gasteiger partial charge in [0.25, 0.3) is 0 Å². The predicted octanol–water partition coefficient (Wildman–Crippen LogP) is 0.594. The van der Waals surface area contributed by atoms with Crippen LogP contribution < -0.4 is 10.6 Å². The first-order valence-electron chi connectivity index (χ1n) is 9.17. The van der Waals surface area contributed by atoms with Crippen LogP contribution in [0.5, 0.6) is 0 Å². The number of rotatable bonds is 0. The van der Waals surface area contributed by atoms with Crippen LogP contribution in [0.1, 0.15) is 51.4 Å². The number of aliphatic carboxylic acids is 2. The molecule has 0 aromatic heterocycles. The van der Waals surface area contributed by atoms with E-state index in [2.05, 4.69) is 10.6 Å². The van der Waals surface area contributed by atoms with Gasteiger partial charge in [0.05, 0.1) is 0 Å². The highest BCUT2D eigenvalue weighted by Crippen LogP contribution is 2.38. The van der Waals surface area contributed by atoms with Gasteiger partial charge in [-0.25, -0.2) is 9.59 Å². The molecular formula is C18H28N2O6. The topological polar surface area (TPSA) is 133 Å². The molecule has 2 spiro atoms. The minimum atomic E-state index is -1.82. The highest BCUT2D eigenvalue weighted by Gasteiger charge is 2.41. The van der Waals surface area contributed by atoms with Crippen LogP contribution in [0, 0.1) is 10.8 Å². The molecule has 2 saturated heterocycles. The molecule has 4 aliphatic rings. The van der Waals surface area contributed by atoms with Crippen LogP contribution in [0.4, 0.5) is 0 Å². The van der Waals surface area contributed by atoms with Gasteiger partial charge in [-0.15, -0.1) is 0 Å². The third-order valence-corrected chi connectivity index (χ3v) is 5.65. The van der Waals surface area contributed by atoms with E-state index in [-0.39, 0.29) is 0 Å². The fraction of sp³-hybridized carbons (Fsp3) is 0.778. The van der Waals surface area contributed by atoms with E-state index in [1.165, 1.54) is 12.8 Å². The Bertz CT molecular complexity index is 516. The van der Waals surface area contributed by atoms with Crippen LogP contribution in [0.2, 0.25) is 0 Å². The lowest BCUT2D eigenvalue weighted by molar-refractivity contribution is -0.159. The summed E-state index contributed by atoms with van der Waals surface area (Å²) in [5.41, 5.74) is 0.824. The van der Waals surface area contributed by atoms with Crippen molar-refractivity contribution < 1.29 is 29.4 Å². The van der Waals surface area contributed by atoms with Gasteiger partial charge in [0.15, 0.2) is 0 Å². The molecule has 4 N–H and O–H groups in total. The lowest BCUT2D eigenvalue weighted by Crippen LogP contribution is -2.55. The number of carbonyl (C=O) groups is 4. The first kappa shape index (κ1) is 20.5. The molecule has 2 aliphatic heterocycles. The molecule has 4 rings (SSSR count). The van der Waals surface area contributed by atoms with Crippen molar-refractivity contribution >= 4 is 23.5 Å². The summed E-state index contributed by atoms with van der Waals surface area (Å²) in [7, 11) is 0. The fourth-order valence-electron chi connectivity index (χ4n) is 4.07. The third-order valence-electron chi connectivity index (χ3n) is 5.65. The standard InChI is InChI=1S/2C8H13NO.C2H2O4/c2*10-7-2-1-3-8(4-7)5-9-6-8;3-1(4)2(5)6/h2*9H,1-6H2;(H,3,4)(H,5,6). The van der Waals surface area contributed by atoms with E-state index < -0.39 is 11.9 Å². The number of ketones is 2. The van der Waals surface area contributed by atoms with Gasteiger partial charge in [-0.1, -0.05) is 0 Å². The van der Waals surface area contributed by atoms with Gasteiger partial charge in [0, 0.05) is 62.7 Å². The normalized spacial score (nSPS) is 24.9. The van der Waals surface area contributed by atoms with Crippen molar-refractivity contribution in [1.82, 2.24) is 10.6 Å². The molecule has 2 aliphatic carbocycles. The van der Waals surface area contributed by atoms with E-state index in [0.29, 0.717) is 22.4 Å².